The lowest BCUT2D eigenvalue weighted by atomic mass is 9.92. The zero-order valence-electron chi connectivity index (χ0n) is 9.89. The summed E-state index contributed by atoms with van der Waals surface area (Å²) in [5, 5.41) is 3.65. The lowest BCUT2D eigenvalue weighted by Gasteiger charge is -2.28. The molecule has 1 saturated carbocycles. The van der Waals surface area contributed by atoms with Gasteiger partial charge in [-0.15, -0.1) is 0 Å². The van der Waals surface area contributed by atoms with E-state index in [1.165, 1.54) is 36.1 Å². The topological polar surface area (TPSA) is 12.0 Å². The third-order valence-corrected chi connectivity index (χ3v) is 3.48. The van der Waals surface area contributed by atoms with Crippen LogP contribution in [0, 0.1) is 0 Å². The summed E-state index contributed by atoms with van der Waals surface area (Å²) in [5.74, 6) is 0. The van der Waals surface area contributed by atoms with E-state index in [1.807, 2.05) is 0 Å². The molecule has 2 aromatic rings. The normalized spacial score (nSPS) is 15.3. The van der Waals surface area contributed by atoms with Gasteiger partial charge in [0.05, 0.1) is 0 Å². The molecule has 1 fully saturated rings. The summed E-state index contributed by atoms with van der Waals surface area (Å²) >= 11 is 0. The van der Waals surface area contributed by atoms with Crippen LogP contribution in [0.1, 0.15) is 19.3 Å². The van der Waals surface area contributed by atoms with Crippen LogP contribution in [0.15, 0.2) is 54.6 Å². The van der Waals surface area contributed by atoms with E-state index in [9.17, 15) is 0 Å². The van der Waals surface area contributed by atoms with Crippen molar-refractivity contribution in [3.8, 4) is 11.1 Å². The highest BCUT2D eigenvalue weighted by atomic mass is 14.9. The number of rotatable bonds is 3. The quantitative estimate of drug-likeness (QED) is 0.817. The maximum absolute atomic E-state index is 3.65. The van der Waals surface area contributed by atoms with E-state index in [2.05, 4.69) is 59.9 Å². The van der Waals surface area contributed by atoms with Crippen LogP contribution < -0.4 is 5.32 Å². The molecule has 0 heterocycles. The van der Waals surface area contributed by atoms with Crippen LogP contribution >= 0.6 is 0 Å². The molecule has 0 saturated heterocycles. The molecule has 0 bridgehead atoms. The van der Waals surface area contributed by atoms with Crippen molar-refractivity contribution in [3.05, 3.63) is 54.6 Å². The van der Waals surface area contributed by atoms with Crippen molar-refractivity contribution in [1.29, 1.82) is 0 Å². The molecule has 86 valence electrons. The first kappa shape index (κ1) is 10.4. The fraction of sp³-hybridized carbons (Fsp3) is 0.250. The Kier molecular flexibility index (Phi) is 2.83. The largest absolute Gasteiger partial charge is 0.382 e. The Morgan fingerprint density at radius 2 is 1.53 bits per heavy atom. The van der Waals surface area contributed by atoms with E-state index in [0.717, 1.165) is 0 Å². The summed E-state index contributed by atoms with van der Waals surface area (Å²) in [7, 11) is 0. The molecule has 1 nitrogen and oxygen atoms in total. The average Bonchev–Trinajstić information content (AvgIpc) is 2.35. The van der Waals surface area contributed by atoms with E-state index < -0.39 is 0 Å². The molecule has 0 aromatic heterocycles. The van der Waals surface area contributed by atoms with Gasteiger partial charge >= 0.3 is 0 Å². The van der Waals surface area contributed by atoms with Gasteiger partial charge in [-0.2, -0.15) is 0 Å². The molecule has 2 aromatic carbocycles. The molecule has 0 atom stereocenters. The Morgan fingerprint density at radius 3 is 2.24 bits per heavy atom. The first-order chi connectivity index (χ1) is 8.43. The molecular weight excluding hydrogens is 206 g/mol. The van der Waals surface area contributed by atoms with Gasteiger partial charge in [-0.05, 0) is 30.9 Å². The summed E-state index contributed by atoms with van der Waals surface area (Å²) in [5.41, 5.74) is 3.86. The second-order valence-electron chi connectivity index (χ2n) is 4.68. The average molecular weight is 223 g/mol. The highest BCUT2D eigenvalue weighted by molar-refractivity contribution is 5.77. The van der Waals surface area contributed by atoms with Crippen molar-refractivity contribution in [2.75, 3.05) is 5.32 Å². The Balaban J connectivity index is 1.92. The van der Waals surface area contributed by atoms with Gasteiger partial charge < -0.3 is 5.32 Å². The first-order valence-electron chi connectivity index (χ1n) is 6.34. The van der Waals surface area contributed by atoms with Crippen LogP contribution in [0.4, 0.5) is 5.69 Å². The first-order valence-corrected chi connectivity index (χ1v) is 6.34. The summed E-state index contributed by atoms with van der Waals surface area (Å²) < 4.78 is 0. The van der Waals surface area contributed by atoms with Crippen LogP contribution in [0.25, 0.3) is 11.1 Å². The van der Waals surface area contributed by atoms with Gasteiger partial charge in [0.25, 0.3) is 0 Å². The molecule has 1 N–H and O–H groups in total. The van der Waals surface area contributed by atoms with Gasteiger partial charge in [0.1, 0.15) is 0 Å². The number of para-hydroxylation sites is 1. The van der Waals surface area contributed by atoms with Gasteiger partial charge in [0, 0.05) is 17.3 Å². The summed E-state index contributed by atoms with van der Waals surface area (Å²) in [4.78, 5) is 0. The standard InChI is InChI=1S/C16H17N/c1-2-7-13(8-3-1)15-11-4-5-12-16(15)17-14-9-6-10-14/h1-5,7-8,11-12,14,17H,6,9-10H2. The smallest absolute Gasteiger partial charge is 0.0422 e. The monoisotopic (exact) mass is 223 g/mol. The predicted molar refractivity (Wildman–Crippen MR) is 73.1 cm³/mol. The number of benzene rings is 2. The summed E-state index contributed by atoms with van der Waals surface area (Å²) in [6.07, 6.45) is 3.98. The third-order valence-electron chi connectivity index (χ3n) is 3.48. The minimum absolute atomic E-state index is 0.680. The van der Waals surface area contributed by atoms with Crippen molar-refractivity contribution in [2.24, 2.45) is 0 Å². The van der Waals surface area contributed by atoms with Gasteiger partial charge in [-0.3, -0.25) is 0 Å². The molecule has 1 heteroatoms. The molecule has 3 rings (SSSR count). The van der Waals surface area contributed by atoms with Gasteiger partial charge in [0.2, 0.25) is 0 Å². The minimum Gasteiger partial charge on any atom is -0.382 e. The highest BCUT2D eigenvalue weighted by Gasteiger charge is 2.17. The number of anilines is 1. The van der Waals surface area contributed by atoms with Gasteiger partial charge in [0.15, 0.2) is 0 Å². The Labute approximate surface area is 102 Å². The lowest BCUT2D eigenvalue weighted by molar-refractivity contribution is 0.445. The highest BCUT2D eigenvalue weighted by Crippen LogP contribution is 2.31. The van der Waals surface area contributed by atoms with E-state index in [-0.39, 0.29) is 0 Å². The molecule has 0 aliphatic heterocycles. The zero-order chi connectivity index (χ0) is 11.5. The Hall–Kier alpha value is -1.76. The second-order valence-corrected chi connectivity index (χ2v) is 4.68. The molecule has 1 aliphatic rings. The molecule has 17 heavy (non-hydrogen) atoms. The predicted octanol–water partition coefficient (Wildman–Crippen LogP) is 4.32. The molecule has 0 unspecified atom stereocenters. The van der Waals surface area contributed by atoms with Gasteiger partial charge in [-0.1, -0.05) is 48.5 Å². The molecule has 0 spiro atoms. The lowest BCUT2D eigenvalue weighted by Crippen LogP contribution is -2.27. The fourth-order valence-electron chi connectivity index (χ4n) is 2.25. The summed E-state index contributed by atoms with van der Waals surface area (Å²) in [6.45, 7) is 0. The van der Waals surface area contributed by atoms with E-state index in [1.54, 1.807) is 0 Å². The van der Waals surface area contributed by atoms with Crippen LogP contribution in [0.3, 0.4) is 0 Å². The molecular formula is C16H17N. The Morgan fingerprint density at radius 1 is 0.824 bits per heavy atom. The maximum Gasteiger partial charge on any atom is 0.0422 e. The SMILES string of the molecule is c1ccc(-c2ccccc2NC2CCC2)cc1. The molecule has 0 radical (unpaired) electrons. The third kappa shape index (κ3) is 2.19. The van der Waals surface area contributed by atoms with Crippen molar-refractivity contribution in [2.45, 2.75) is 25.3 Å². The van der Waals surface area contributed by atoms with Crippen molar-refractivity contribution < 1.29 is 0 Å². The second kappa shape index (κ2) is 4.62. The Bertz CT molecular complexity index is 486. The fourth-order valence-corrected chi connectivity index (χ4v) is 2.25. The van der Waals surface area contributed by atoms with Crippen molar-refractivity contribution >= 4 is 5.69 Å². The van der Waals surface area contributed by atoms with E-state index in [0.29, 0.717) is 6.04 Å². The van der Waals surface area contributed by atoms with Crippen molar-refractivity contribution in [1.82, 2.24) is 0 Å². The number of hydrogen-bond acceptors (Lipinski definition) is 1. The van der Waals surface area contributed by atoms with Crippen LogP contribution in [-0.2, 0) is 0 Å². The van der Waals surface area contributed by atoms with Crippen LogP contribution in [0.2, 0.25) is 0 Å². The summed E-state index contributed by atoms with van der Waals surface area (Å²) in [6, 6.07) is 19.8. The van der Waals surface area contributed by atoms with E-state index in [4.69, 9.17) is 0 Å². The number of nitrogens with one attached hydrogen (secondary N) is 1. The molecule has 1 aliphatic carbocycles. The maximum atomic E-state index is 3.65. The van der Waals surface area contributed by atoms with Crippen LogP contribution in [0.5, 0.6) is 0 Å². The zero-order valence-corrected chi connectivity index (χ0v) is 9.89. The molecule has 0 amide bonds. The number of hydrogen-bond donors (Lipinski definition) is 1. The van der Waals surface area contributed by atoms with Crippen LogP contribution in [-0.4, -0.2) is 6.04 Å². The minimum atomic E-state index is 0.680. The van der Waals surface area contributed by atoms with Gasteiger partial charge in [-0.25, -0.2) is 0 Å². The van der Waals surface area contributed by atoms with E-state index >= 15 is 0 Å². The van der Waals surface area contributed by atoms with Crippen molar-refractivity contribution in [3.63, 3.8) is 0 Å².